The smallest absolute Gasteiger partial charge is 0.369 e. The van der Waals surface area contributed by atoms with Crippen molar-refractivity contribution in [3.63, 3.8) is 0 Å². The maximum atomic E-state index is 13.9. The molecule has 2 rings (SSSR count). The first-order chi connectivity index (χ1) is 9.73. The first-order valence-corrected chi connectivity index (χ1v) is 6.64. The van der Waals surface area contributed by atoms with Crippen LogP contribution in [0.2, 0.25) is 0 Å². The number of nitrogens with zero attached hydrogens (tertiary/aromatic N) is 2. The van der Waals surface area contributed by atoms with Crippen LogP contribution >= 0.6 is 0 Å². The Kier molecular flexibility index (Phi) is 4.11. The van der Waals surface area contributed by atoms with E-state index in [1.54, 1.807) is 25.1 Å². The lowest BCUT2D eigenvalue weighted by Gasteiger charge is -2.36. The van der Waals surface area contributed by atoms with Gasteiger partial charge in [-0.3, -0.25) is 4.99 Å². The van der Waals surface area contributed by atoms with Crippen molar-refractivity contribution in [2.24, 2.45) is 10.7 Å². The molecule has 0 bridgehead atoms. The van der Waals surface area contributed by atoms with Gasteiger partial charge in [-0.15, -0.1) is 0 Å². The number of alkyl halides is 3. The Bertz CT molecular complexity index is 541. The van der Waals surface area contributed by atoms with Gasteiger partial charge in [-0.2, -0.15) is 13.2 Å². The Morgan fingerprint density at radius 1 is 1.33 bits per heavy atom. The van der Waals surface area contributed by atoms with E-state index in [4.69, 9.17) is 5.73 Å². The molecule has 2 N–H and O–H groups in total. The van der Waals surface area contributed by atoms with Crippen LogP contribution in [0.5, 0.6) is 0 Å². The van der Waals surface area contributed by atoms with Crippen LogP contribution in [0, 0.1) is 5.82 Å². The molecule has 0 fully saturated rings. The molecule has 116 valence electrons. The standard InChI is InChI=1S/C14H17F4N3/c1-13(7-4-8-14(16,17)18)9-20-12(19)21(13)11-6-3-2-5-10(11)15/h2-3,5-6H,4,7-9H2,1H3,(H2,19,20). The SMILES string of the molecule is CC1(CCCC(F)(F)F)CN=C(N)N1c1ccccc1F. The summed E-state index contributed by atoms with van der Waals surface area (Å²) in [6.07, 6.45) is -4.88. The molecule has 0 spiro atoms. The van der Waals surface area contributed by atoms with Gasteiger partial charge in [-0.1, -0.05) is 12.1 Å². The summed E-state index contributed by atoms with van der Waals surface area (Å²) >= 11 is 0. The number of para-hydroxylation sites is 1. The van der Waals surface area contributed by atoms with Crippen molar-refractivity contribution < 1.29 is 17.6 Å². The molecule has 0 aromatic heterocycles. The van der Waals surface area contributed by atoms with E-state index >= 15 is 0 Å². The maximum Gasteiger partial charge on any atom is 0.389 e. The molecule has 0 saturated heterocycles. The van der Waals surface area contributed by atoms with E-state index in [-0.39, 0.29) is 31.0 Å². The van der Waals surface area contributed by atoms with Crippen LogP contribution < -0.4 is 10.6 Å². The summed E-state index contributed by atoms with van der Waals surface area (Å²) in [6.45, 7) is 2.00. The number of anilines is 1. The molecule has 1 atom stereocenters. The molecule has 3 nitrogen and oxygen atoms in total. The Hall–Kier alpha value is -1.79. The van der Waals surface area contributed by atoms with Gasteiger partial charge in [0.15, 0.2) is 5.96 Å². The first kappa shape index (κ1) is 15.6. The van der Waals surface area contributed by atoms with Crippen molar-refractivity contribution in [3.05, 3.63) is 30.1 Å². The lowest BCUT2D eigenvalue weighted by Crippen LogP contribution is -2.50. The van der Waals surface area contributed by atoms with Crippen molar-refractivity contribution >= 4 is 11.6 Å². The lowest BCUT2D eigenvalue weighted by atomic mass is 9.93. The van der Waals surface area contributed by atoms with Crippen molar-refractivity contribution in [2.45, 2.75) is 37.9 Å². The van der Waals surface area contributed by atoms with E-state index < -0.39 is 24.0 Å². The summed E-state index contributed by atoms with van der Waals surface area (Å²) in [5, 5.41) is 0. The second kappa shape index (κ2) is 5.54. The van der Waals surface area contributed by atoms with E-state index in [0.717, 1.165) is 0 Å². The number of halogens is 4. The summed E-state index contributed by atoms with van der Waals surface area (Å²) in [6, 6.07) is 6.03. The third-order valence-corrected chi connectivity index (χ3v) is 3.62. The van der Waals surface area contributed by atoms with Gasteiger partial charge in [0.05, 0.1) is 17.8 Å². The monoisotopic (exact) mass is 303 g/mol. The fourth-order valence-corrected chi connectivity index (χ4v) is 2.58. The molecule has 0 amide bonds. The van der Waals surface area contributed by atoms with E-state index in [1.165, 1.54) is 11.0 Å². The molecule has 1 aromatic carbocycles. The van der Waals surface area contributed by atoms with Crippen LogP contribution in [0.25, 0.3) is 0 Å². The normalized spacial score (nSPS) is 22.5. The highest BCUT2D eigenvalue weighted by Crippen LogP contribution is 2.35. The minimum atomic E-state index is -4.19. The quantitative estimate of drug-likeness (QED) is 0.866. The number of aliphatic imine (C=N–C) groups is 1. The molecule has 7 heteroatoms. The molecule has 1 heterocycles. The van der Waals surface area contributed by atoms with Crippen molar-refractivity contribution in [2.75, 3.05) is 11.4 Å². The highest BCUT2D eigenvalue weighted by molar-refractivity contribution is 5.98. The van der Waals surface area contributed by atoms with E-state index in [2.05, 4.69) is 4.99 Å². The number of hydrogen-bond donors (Lipinski definition) is 1. The molecule has 0 aliphatic carbocycles. The minimum Gasteiger partial charge on any atom is -0.369 e. The molecule has 0 radical (unpaired) electrons. The predicted molar refractivity (Wildman–Crippen MR) is 73.7 cm³/mol. The van der Waals surface area contributed by atoms with Gasteiger partial charge in [0.25, 0.3) is 0 Å². The minimum absolute atomic E-state index is 0.0479. The van der Waals surface area contributed by atoms with Crippen molar-refractivity contribution in [1.29, 1.82) is 0 Å². The van der Waals surface area contributed by atoms with Crippen LogP contribution in [0.4, 0.5) is 23.2 Å². The summed E-state index contributed by atoms with van der Waals surface area (Å²) in [5.41, 5.74) is 5.30. The van der Waals surface area contributed by atoms with Gasteiger partial charge in [-0.25, -0.2) is 4.39 Å². The third-order valence-electron chi connectivity index (χ3n) is 3.62. The zero-order valence-corrected chi connectivity index (χ0v) is 11.6. The molecule has 1 aromatic rings. The largest absolute Gasteiger partial charge is 0.389 e. The van der Waals surface area contributed by atoms with Crippen molar-refractivity contribution in [3.8, 4) is 0 Å². The Morgan fingerprint density at radius 2 is 2.00 bits per heavy atom. The molecular formula is C14H17F4N3. The Morgan fingerprint density at radius 3 is 2.62 bits per heavy atom. The number of rotatable bonds is 4. The molecule has 1 aliphatic heterocycles. The number of hydrogen-bond acceptors (Lipinski definition) is 3. The van der Waals surface area contributed by atoms with Gasteiger partial charge < -0.3 is 10.6 Å². The zero-order chi connectivity index (χ0) is 15.7. The second-order valence-electron chi connectivity index (χ2n) is 5.43. The van der Waals surface area contributed by atoms with Crippen LogP contribution in [-0.2, 0) is 0 Å². The van der Waals surface area contributed by atoms with Gasteiger partial charge >= 0.3 is 6.18 Å². The van der Waals surface area contributed by atoms with Gasteiger partial charge in [0, 0.05) is 6.42 Å². The van der Waals surface area contributed by atoms with E-state index in [1.807, 2.05) is 0 Å². The summed E-state index contributed by atoms with van der Waals surface area (Å²) < 4.78 is 50.8. The van der Waals surface area contributed by atoms with Crippen LogP contribution in [0.15, 0.2) is 29.3 Å². The highest BCUT2D eigenvalue weighted by Gasteiger charge is 2.40. The highest BCUT2D eigenvalue weighted by atomic mass is 19.4. The number of nitrogens with two attached hydrogens (primary N) is 1. The average molecular weight is 303 g/mol. The summed E-state index contributed by atoms with van der Waals surface area (Å²) in [4.78, 5) is 5.57. The lowest BCUT2D eigenvalue weighted by molar-refractivity contribution is -0.136. The van der Waals surface area contributed by atoms with Crippen LogP contribution in [0.3, 0.4) is 0 Å². The molecule has 0 saturated carbocycles. The number of guanidine groups is 1. The summed E-state index contributed by atoms with van der Waals surface area (Å²) in [5.74, 6) is -0.339. The fourth-order valence-electron chi connectivity index (χ4n) is 2.58. The van der Waals surface area contributed by atoms with Crippen molar-refractivity contribution in [1.82, 2.24) is 0 Å². The van der Waals surface area contributed by atoms with Crippen LogP contribution in [0.1, 0.15) is 26.2 Å². The zero-order valence-electron chi connectivity index (χ0n) is 11.6. The Labute approximate surface area is 120 Å². The molecular weight excluding hydrogens is 286 g/mol. The number of benzene rings is 1. The molecule has 1 unspecified atom stereocenters. The average Bonchev–Trinajstić information content (AvgIpc) is 2.65. The van der Waals surface area contributed by atoms with E-state index in [9.17, 15) is 17.6 Å². The van der Waals surface area contributed by atoms with Gasteiger partial charge in [-0.05, 0) is 31.9 Å². The van der Waals surface area contributed by atoms with Gasteiger partial charge in [0.1, 0.15) is 5.82 Å². The predicted octanol–water partition coefficient (Wildman–Crippen LogP) is 3.45. The second-order valence-corrected chi connectivity index (χ2v) is 5.43. The first-order valence-electron chi connectivity index (χ1n) is 6.64. The third kappa shape index (κ3) is 3.46. The maximum absolute atomic E-state index is 13.9. The topological polar surface area (TPSA) is 41.6 Å². The molecule has 1 aliphatic rings. The van der Waals surface area contributed by atoms with E-state index in [0.29, 0.717) is 0 Å². The fraction of sp³-hybridized carbons (Fsp3) is 0.500. The molecule has 21 heavy (non-hydrogen) atoms. The Balaban J connectivity index is 2.17. The summed E-state index contributed by atoms with van der Waals surface area (Å²) in [7, 11) is 0. The van der Waals surface area contributed by atoms with Crippen LogP contribution in [-0.4, -0.2) is 24.2 Å². The van der Waals surface area contributed by atoms with Gasteiger partial charge in [0.2, 0.25) is 0 Å².